The molecule has 0 fully saturated rings. The van der Waals surface area contributed by atoms with Gasteiger partial charge in [-0.05, 0) is 24.1 Å². The van der Waals surface area contributed by atoms with Gasteiger partial charge in [0.1, 0.15) is 6.10 Å². The third kappa shape index (κ3) is 3.31. The summed E-state index contributed by atoms with van der Waals surface area (Å²) in [5, 5.41) is 19.5. The SMILES string of the molecule is OC(CCBr)C(O)c1cc(Cl)c(F)c(Cl)c1. The molecule has 2 nitrogen and oxygen atoms in total. The molecule has 0 amide bonds. The summed E-state index contributed by atoms with van der Waals surface area (Å²) in [6.07, 6.45) is -1.71. The van der Waals surface area contributed by atoms with Crippen LogP contribution in [-0.2, 0) is 0 Å². The van der Waals surface area contributed by atoms with Gasteiger partial charge >= 0.3 is 0 Å². The van der Waals surface area contributed by atoms with Crippen LogP contribution in [0.5, 0.6) is 0 Å². The predicted octanol–water partition coefficient (Wildman–Crippen LogP) is 3.31. The molecular formula is C10H10BrCl2FO2. The van der Waals surface area contributed by atoms with E-state index in [4.69, 9.17) is 23.2 Å². The maximum Gasteiger partial charge on any atom is 0.160 e. The maximum atomic E-state index is 13.1. The molecule has 90 valence electrons. The quantitative estimate of drug-likeness (QED) is 0.656. The molecule has 0 aliphatic heterocycles. The Hall–Kier alpha value is 0.130. The molecule has 1 aromatic carbocycles. The number of aliphatic hydroxyl groups excluding tert-OH is 2. The van der Waals surface area contributed by atoms with Crippen LogP contribution in [0.1, 0.15) is 18.1 Å². The number of aliphatic hydroxyl groups is 2. The number of hydrogen-bond acceptors (Lipinski definition) is 2. The van der Waals surface area contributed by atoms with Gasteiger partial charge in [0.15, 0.2) is 5.82 Å². The minimum atomic E-state index is -1.13. The Morgan fingerprint density at radius 2 is 1.75 bits per heavy atom. The summed E-state index contributed by atoms with van der Waals surface area (Å²) in [4.78, 5) is 0. The maximum absolute atomic E-state index is 13.1. The van der Waals surface area contributed by atoms with Crippen molar-refractivity contribution in [2.45, 2.75) is 18.6 Å². The first-order chi connectivity index (χ1) is 7.47. The smallest absolute Gasteiger partial charge is 0.160 e. The molecule has 0 bridgehead atoms. The second kappa shape index (κ2) is 6.17. The number of benzene rings is 1. The molecule has 2 unspecified atom stereocenters. The minimum Gasteiger partial charge on any atom is -0.390 e. The lowest BCUT2D eigenvalue weighted by Crippen LogP contribution is -2.18. The van der Waals surface area contributed by atoms with Crippen LogP contribution < -0.4 is 0 Å². The topological polar surface area (TPSA) is 40.5 Å². The Kier molecular flexibility index (Phi) is 5.47. The molecule has 0 spiro atoms. The van der Waals surface area contributed by atoms with Crippen LogP contribution in [0, 0.1) is 5.82 Å². The monoisotopic (exact) mass is 330 g/mol. The Bertz CT molecular complexity index is 353. The van der Waals surface area contributed by atoms with E-state index in [9.17, 15) is 14.6 Å². The first-order valence-corrected chi connectivity index (χ1v) is 6.41. The van der Waals surface area contributed by atoms with Gasteiger partial charge in [-0.1, -0.05) is 39.1 Å². The summed E-state index contributed by atoms with van der Waals surface area (Å²) in [5.41, 5.74) is 0.296. The van der Waals surface area contributed by atoms with Crippen molar-refractivity contribution in [3.8, 4) is 0 Å². The fourth-order valence-corrected chi connectivity index (χ4v) is 2.21. The van der Waals surface area contributed by atoms with Crippen molar-refractivity contribution >= 4 is 39.1 Å². The summed E-state index contributed by atoms with van der Waals surface area (Å²) in [5.74, 6) is -0.728. The molecule has 0 heterocycles. The fourth-order valence-electron chi connectivity index (χ4n) is 1.24. The molecule has 6 heteroatoms. The van der Waals surface area contributed by atoms with Gasteiger partial charge in [0.2, 0.25) is 0 Å². The van der Waals surface area contributed by atoms with Gasteiger partial charge in [-0.25, -0.2) is 4.39 Å². The second-order valence-corrected chi connectivity index (χ2v) is 4.90. The minimum absolute atomic E-state index is 0.174. The average molecular weight is 332 g/mol. The lowest BCUT2D eigenvalue weighted by Gasteiger charge is -2.17. The molecule has 2 atom stereocenters. The Labute approximate surface area is 111 Å². The van der Waals surface area contributed by atoms with Crippen LogP contribution >= 0.6 is 39.1 Å². The molecule has 1 aromatic rings. The molecule has 0 aromatic heterocycles. The normalized spacial score (nSPS) is 14.9. The van der Waals surface area contributed by atoms with Crippen molar-refractivity contribution in [1.29, 1.82) is 0 Å². The van der Waals surface area contributed by atoms with E-state index in [0.29, 0.717) is 17.3 Å². The van der Waals surface area contributed by atoms with E-state index >= 15 is 0 Å². The zero-order valence-corrected chi connectivity index (χ0v) is 11.2. The first kappa shape index (κ1) is 14.2. The van der Waals surface area contributed by atoms with Crippen LogP contribution in [0.4, 0.5) is 4.39 Å². The van der Waals surface area contributed by atoms with Crippen molar-refractivity contribution in [2.24, 2.45) is 0 Å². The fraction of sp³-hybridized carbons (Fsp3) is 0.400. The van der Waals surface area contributed by atoms with Crippen LogP contribution in [-0.4, -0.2) is 21.6 Å². The van der Waals surface area contributed by atoms with Crippen molar-refractivity contribution in [1.82, 2.24) is 0 Å². The number of hydrogen-bond donors (Lipinski definition) is 2. The van der Waals surface area contributed by atoms with E-state index in [2.05, 4.69) is 15.9 Å². The lowest BCUT2D eigenvalue weighted by molar-refractivity contribution is 0.0173. The summed E-state index contributed by atoms with van der Waals surface area (Å²) in [7, 11) is 0. The van der Waals surface area contributed by atoms with Gasteiger partial charge in [0.05, 0.1) is 16.1 Å². The lowest BCUT2D eigenvalue weighted by atomic mass is 10.0. The highest BCUT2D eigenvalue weighted by atomic mass is 79.9. The number of alkyl halides is 1. The summed E-state index contributed by atoms with van der Waals surface area (Å²) in [6, 6.07) is 2.51. The van der Waals surface area contributed by atoms with Crippen molar-refractivity contribution in [3.63, 3.8) is 0 Å². The summed E-state index contributed by atoms with van der Waals surface area (Å²) in [6.45, 7) is 0. The van der Waals surface area contributed by atoms with Crippen LogP contribution in [0.3, 0.4) is 0 Å². The van der Waals surface area contributed by atoms with Crippen LogP contribution in [0.15, 0.2) is 12.1 Å². The van der Waals surface area contributed by atoms with Gasteiger partial charge in [-0.15, -0.1) is 0 Å². The molecular weight excluding hydrogens is 322 g/mol. The molecule has 0 saturated heterocycles. The molecule has 1 rings (SSSR count). The van der Waals surface area contributed by atoms with Crippen molar-refractivity contribution in [3.05, 3.63) is 33.6 Å². The highest BCUT2D eigenvalue weighted by Gasteiger charge is 2.20. The van der Waals surface area contributed by atoms with Crippen molar-refractivity contribution < 1.29 is 14.6 Å². The standard InChI is InChI=1S/C10H10BrCl2FO2/c11-2-1-8(15)10(16)5-3-6(12)9(14)7(13)4-5/h3-4,8,10,15-16H,1-2H2. The Balaban J connectivity index is 2.96. The molecule has 16 heavy (non-hydrogen) atoms. The number of halogens is 4. The van der Waals surface area contributed by atoms with Gasteiger partial charge in [-0.3, -0.25) is 0 Å². The largest absolute Gasteiger partial charge is 0.390 e. The summed E-state index contributed by atoms with van der Waals surface area (Å²) >= 11 is 14.3. The van der Waals surface area contributed by atoms with Crippen LogP contribution in [0.25, 0.3) is 0 Å². The highest BCUT2D eigenvalue weighted by Crippen LogP contribution is 2.29. The van der Waals surface area contributed by atoms with Gasteiger partial charge in [-0.2, -0.15) is 0 Å². The molecule has 2 N–H and O–H groups in total. The van der Waals surface area contributed by atoms with Crippen LogP contribution in [0.2, 0.25) is 10.0 Å². The van der Waals surface area contributed by atoms with E-state index in [0.717, 1.165) is 0 Å². The van der Waals surface area contributed by atoms with E-state index in [1.165, 1.54) is 12.1 Å². The predicted molar refractivity (Wildman–Crippen MR) is 65.8 cm³/mol. The first-order valence-electron chi connectivity index (χ1n) is 4.54. The zero-order chi connectivity index (χ0) is 12.3. The van der Waals surface area contributed by atoms with Gasteiger partial charge in [0.25, 0.3) is 0 Å². The third-order valence-electron chi connectivity index (χ3n) is 2.12. The molecule has 0 saturated carbocycles. The molecule has 0 aliphatic rings. The van der Waals surface area contributed by atoms with Gasteiger partial charge < -0.3 is 10.2 Å². The summed E-state index contributed by atoms with van der Waals surface area (Å²) < 4.78 is 13.1. The van der Waals surface area contributed by atoms with E-state index in [1.807, 2.05) is 0 Å². The van der Waals surface area contributed by atoms with Crippen molar-refractivity contribution in [2.75, 3.05) is 5.33 Å². The third-order valence-corrected chi connectivity index (χ3v) is 3.12. The zero-order valence-electron chi connectivity index (χ0n) is 8.13. The molecule has 0 radical (unpaired) electrons. The second-order valence-electron chi connectivity index (χ2n) is 3.29. The highest BCUT2D eigenvalue weighted by molar-refractivity contribution is 9.09. The Morgan fingerprint density at radius 3 is 2.19 bits per heavy atom. The number of rotatable bonds is 4. The molecule has 0 aliphatic carbocycles. The van der Waals surface area contributed by atoms with E-state index in [-0.39, 0.29) is 10.0 Å². The van der Waals surface area contributed by atoms with E-state index in [1.54, 1.807) is 0 Å². The Morgan fingerprint density at radius 1 is 1.25 bits per heavy atom. The van der Waals surface area contributed by atoms with E-state index < -0.39 is 18.0 Å². The van der Waals surface area contributed by atoms with Gasteiger partial charge in [0, 0.05) is 5.33 Å². The average Bonchev–Trinajstić information content (AvgIpc) is 2.24.